The smallest absolute Gasteiger partial charge is 0.241 e. The van der Waals surface area contributed by atoms with E-state index in [9.17, 15) is 4.79 Å². The number of nitrogens with zero attached hydrogens (tertiary/aromatic N) is 2. The molecule has 1 aliphatic heterocycles. The third-order valence-corrected chi connectivity index (χ3v) is 4.15. The molecule has 1 N–H and O–H groups in total. The number of carbonyl (C=O) groups excluding carboxylic acids is 1. The van der Waals surface area contributed by atoms with Gasteiger partial charge in [0.1, 0.15) is 0 Å². The van der Waals surface area contributed by atoms with E-state index in [4.69, 9.17) is 0 Å². The highest BCUT2D eigenvalue weighted by Gasteiger charge is 2.37. The summed E-state index contributed by atoms with van der Waals surface area (Å²) >= 11 is 0. The van der Waals surface area contributed by atoms with Crippen molar-refractivity contribution in [2.75, 3.05) is 26.7 Å². The first-order chi connectivity index (χ1) is 9.49. The van der Waals surface area contributed by atoms with Crippen molar-refractivity contribution in [3.63, 3.8) is 0 Å². The second kappa shape index (κ2) is 8.63. The lowest BCUT2D eigenvalue weighted by Gasteiger charge is -2.27. The minimum absolute atomic E-state index is 0.0469. The summed E-state index contributed by atoms with van der Waals surface area (Å²) in [6.45, 7) is 11.6. The van der Waals surface area contributed by atoms with E-state index >= 15 is 0 Å². The van der Waals surface area contributed by atoms with Gasteiger partial charge in [0.2, 0.25) is 5.91 Å². The number of nitrogens with one attached hydrogen (secondary N) is 1. The van der Waals surface area contributed by atoms with E-state index in [0.717, 1.165) is 45.3 Å². The third-order valence-electron chi connectivity index (χ3n) is 4.15. The fourth-order valence-electron chi connectivity index (χ4n) is 2.71. The van der Waals surface area contributed by atoms with Gasteiger partial charge >= 0.3 is 0 Å². The standard InChI is InChI=1S/C16H33N3O/c1-6-8-9-14-16(20)19(11-10-18(5)7-2)15(17-14)12-13(3)4/h13-15,17H,6-12H2,1-5H3. The predicted octanol–water partition coefficient (Wildman–Crippen LogP) is 2.30. The lowest BCUT2D eigenvalue weighted by atomic mass is 10.1. The zero-order valence-corrected chi connectivity index (χ0v) is 14.0. The first-order valence-corrected chi connectivity index (χ1v) is 8.24. The SMILES string of the molecule is CCCCC1NC(CC(C)C)N(CCN(C)CC)C1=O. The van der Waals surface area contributed by atoms with Crippen LogP contribution in [0.1, 0.15) is 53.4 Å². The van der Waals surface area contributed by atoms with Crippen molar-refractivity contribution in [3.8, 4) is 0 Å². The molecule has 4 heteroatoms. The maximum atomic E-state index is 12.5. The quantitative estimate of drug-likeness (QED) is 0.705. The Hall–Kier alpha value is -0.610. The molecule has 0 spiro atoms. The highest BCUT2D eigenvalue weighted by atomic mass is 16.2. The molecule has 0 saturated carbocycles. The molecule has 1 fully saturated rings. The highest BCUT2D eigenvalue weighted by molar-refractivity contribution is 5.84. The Labute approximate surface area is 124 Å². The molecule has 1 saturated heterocycles. The van der Waals surface area contributed by atoms with Crippen LogP contribution in [0.15, 0.2) is 0 Å². The number of unbranched alkanes of at least 4 members (excludes halogenated alkanes) is 1. The first-order valence-electron chi connectivity index (χ1n) is 8.24. The number of rotatable bonds is 9. The summed E-state index contributed by atoms with van der Waals surface area (Å²) in [5.74, 6) is 0.922. The Balaban J connectivity index is 2.61. The Morgan fingerprint density at radius 1 is 1.35 bits per heavy atom. The molecule has 20 heavy (non-hydrogen) atoms. The second-order valence-corrected chi connectivity index (χ2v) is 6.43. The van der Waals surface area contributed by atoms with Gasteiger partial charge in [-0.05, 0) is 32.4 Å². The maximum Gasteiger partial charge on any atom is 0.241 e. The molecule has 4 nitrogen and oxygen atoms in total. The van der Waals surface area contributed by atoms with Crippen molar-refractivity contribution in [3.05, 3.63) is 0 Å². The van der Waals surface area contributed by atoms with Crippen molar-refractivity contribution in [2.45, 2.75) is 65.6 Å². The fraction of sp³-hybridized carbons (Fsp3) is 0.938. The summed E-state index contributed by atoms with van der Waals surface area (Å²) in [4.78, 5) is 16.9. The van der Waals surface area contributed by atoms with Crippen molar-refractivity contribution in [1.82, 2.24) is 15.1 Å². The summed E-state index contributed by atoms with van der Waals surface area (Å²) in [6, 6.07) is 0.0469. The molecule has 1 rings (SSSR count). The highest BCUT2D eigenvalue weighted by Crippen LogP contribution is 2.20. The van der Waals surface area contributed by atoms with E-state index in [1.165, 1.54) is 0 Å². The van der Waals surface area contributed by atoms with Crippen molar-refractivity contribution in [2.24, 2.45) is 5.92 Å². The van der Waals surface area contributed by atoms with Crippen LogP contribution in [-0.2, 0) is 4.79 Å². The van der Waals surface area contributed by atoms with E-state index in [1.807, 2.05) is 0 Å². The molecule has 2 unspecified atom stereocenters. The average Bonchev–Trinajstić information content (AvgIpc) is 2.69. The van der Waals surface area contributed by atoms with E-state index < -0.39 is 0 Å². The fourth-order valence-corrected chi connectivity index (χ4v) is 2.71. The molecule has 0 aromatic carbocycles. The van der Waals surface area contributed by atoms with Crippen LogP contribution in [0.25, 0.3) is 0 Å². The molecular formula is C16H33N3O. The number of carbonyl (C=O) groups is 1. The Kier molecular flexibility index (Phi) is 7.52. The van der Waals surface area contributed by atoms with Crippen LogP contribution >= 0.6 is 0 Å². The zero-order chi connectivity index (χ0) is 15.1. The Morgan fingerprint density at radius 2 is 2.05 bits per heavy atom. The predicted molar refractivity (Wildman–Crippen MR) is 84.6 cm³/mol. The van der Waals surface area contributed by atoms with E-state index in [1.54, 1.807) is 0 Å². The van der Waals surface area contributed by atoms with Crippen LogP contribution in [0.2, 0.25) is 0 Å². The van der Waals surface area contributed by atoms with Gasteiger partial charge in [0.05, 0.1) is 12.2 Å². The van der Waals surface area contributed by atoms with Crippen LogP contribution in [0.3, 0.4) is 0 Å². The van der Waals surface area contributed by atoms with Crippen LogP contribution < -0.4 is 5.32 Å². The molecule has 0 aliphatic carbocycles. The van der Waals surface area contributed by atoms with Gasteiger partial charge < -0.3 is 9.80 Å². The van der Waals surface area contributed by atoms with Crippen molar-refractivity contribution < 1.29 is 4.79 Å². The van der Waals surface area contributed by atoms with Crippen LogP contribution in [-0.4, -0.2) is 54.6 Å². The van der Waals surface area contributed by atoms with Gasteiger partial charge in [0.15, 0.2) is 0 Å². The maximum absolute atomic E-state index is 12.5. The molecule has 1 heterocycles. The van der Waals surface area contributed by atoms with Crippen LogP contribution in [0, 0.1) is 5.92 Å². The minimum atomic E-state index is 0.0469. The largest absolute Gasteiger partial charge is 0.325 e. The summed E-state index contributed by atoms with van der Waals surface area (Å²) < 4.78 is 0. The van der Waals surface area contributed by atoms with E-state index in [2.05, 4.69) is 49.9 Å². The molecule has 118 valence electrons. The number of hydrogen-bond donors (Lipinski definition) is 1. The minimum Gasteiger partial charge on any atom is -0.325 e. The van der Waals surface area contributed by atoms with Gasteiger partial charge in [-0.15, -0.1) is 0 Å². The molecule has 0 radical (unpaired) electrons. The normalized spacial score (nSPS) is 23.4. The van der Waals surface area contributed by atoms with Gasteiger partial charge in [0, 0.05) is 13.1 Å². The molecular weight excluding hydrogens is 250 g/mol. The number of amides is 1. The molecule has 1 aliphatic rings. The monoisotopic (exact) mass is 283 g/mol. The van der Waals surface area contributed by atoms with E-state index in [-0.39, 0.29) is 12.2 Å². The lowest BCUT2D eigenvalue weighted by molar-refractivity contribution is -0.130. The Bertz CT molecular complexity index is 293. The number of likely N-dealkylation sites (N-methyl/N-ethyl adjacent to an activating group) is 1. The van der Waals surface area contributed by atoms with Gasteiger partial charge in [-0.1, -0.05) is 40.5 Å². The summed E-state index contributed by atoms with van der Waals surface area (Å²) in [7, 11) is 2.11. The second-order valence-electron chi connectivity index (χ2n) is 6.43. The van der Waals surface area contributed by atoms with Crippen LogP contribution in [0.4, 0.5) is 0 Å². The van der Waals surface area contributed by atoms with Gasteiger partial charge in [-0.2, -0.15) is 0 Å². The lowest BCUT2D eigenvalue weighted by Crippen LogP contribution is -2.42. The topological polar surface area (TPSA) is 35.6 Å². The number of hydrogen-bond acceptors (Lipinski definition) is 3. The van der Waals surface area contributed by atoms with Crippen molar-refractivity contribution >= 4 is 5.91 Å². The van der Waals surface area contributed by atoms with Gasteiger partial charge in [0.25, 0.3) is 0 Å². The molecule has 0 bridgehead atoms. The summed E-state index contributed by atoms with van der Waals surface area (Å²) in [5.41, 5.74) is 0. The van der Waals surface area contributed by atoms with E-state index in [0.29, 0.717) is 11.8 Å². The summed E-state index contributed by atoms with van der Waals surface area (Å²) in [5, 5.41) is 3.56. The molecule has 0 aromatic heterocycles. The van der Waals surface area contributed by atoms with Crippen LogP contribution in [0.5, 0.6) is 0 Å². The van der Waals surface area contributed by atoms with Gasteiger partial charge in [-0.25, -0.2) is 0 Å². The molecule has 2 atom stereocenters. The average molecular weight is 283 g/mol. The molecule has 1 amide bonds. The zero-order valence-electron chi connectivity index (χ0n) is 14.0. The molecule has 0 aromatic rings. The summed E-state index contributed by atoms with van der Waals surface area (Å²) in [6.07, 6.45) is 4.53. The van der Waals surface area contributed by atoms with Gasteiger partial charge in [-0.3, -0.25) is 10.1 Å². The van der Waals surface area contributed by atoms with Crippen molar-refractivity contribution in [1.29, 1.82) is 0 Å². The Morgan fingerprint density at radius 3 is 2.60 bits per heavy atom. The third kappa shape index (κ3) is 5.06. The first kappa shape index (κ1) is 17.4.